The van der Waals surface area contributed by atoms with Crippen molar-refractivity contribution in [2.75, 3.05) is 31.5 Å². The summed E-state index contributed by atoms with van der Waals surface area (Å²) in [4.78, 5) is 26.9. The lowest BCUT2D eigenvalue weighted by Gasteiger charge is -2.30. The van der Waals surface area contributed by atoms with Gasteiger partial charge in [-0.05, 0) is 44.0 Å². The quantitative estimate of drug-likeness (QED) is 0.640. The Balaban J connectivity index is 2.76. The van der Waals surface area contributed by atoms with Gasteiger partial charge in [0.1, 0.15) is 12.4 Å². The Morgan fingerprint density at radius 3 is 2.07 bits per heavy atom. The third-order valence-electron chi connectivity index (χ3n) is 3.85. The number of benzene rings is 1. The lowest BCUT2D eigenvalue weighted by molar-refractivity contribution is -0.163. The van der Waals surface area contributed by atoms with Crippen LogP contribution in [-0.4, -0.2) is 60.0 Å². The van der Waals surface area contributed by atoms with E-state index in [0.29, 0.717) is 5.69 Å². The van der Waals surface area contributed by atoms with Gasteiger partial charge >= 0.3 is 6.18 Å². The topological polar surface area (TPSA) is 52.7 Å². The maximum absolute atomic E-state index is 12.9. The molecule has 0 saturated heterocycles. The summed E-state index contributed by atoms with van der Waals surface area (Å²) in [6.07, 6.45) is -4.49. The standard InChI is InChI=1S/C19H27F4N3O2/c1-13(2)9-26(12-19(21,22)23)18(28)11-25(14(3)4)10-17(27)24-16-7-5-15(20)6-8-16/h5-8,13-14H,9-12H2,1-4H3,(H,24,27). The molecule has 0 aliphatic rings. The smallest absolute Gasteiger partial charge is 0.332 e. The number of anilines is 1. The first kappa shape index (κ1) is 23.9. The summed E-state index contributed by atoms with van der Waals surface area (Å²) in [5, 5.41) is 2.58. The number of hydrogen-bond donors (Lipinski definition) is 1. The minimum atomic E-state index is -4.49. The second-order valence-corrected chi connectivity index (χ2v) is 7.34. The molecule has 1 aromatic carbocycles. The molecule has 0 unspecified atom stereocenters. The van der Waals surface area contributed by atoms with Crippen molar-refractivity contribution >= 4 is 17.5 Å². The Morgan fingerprint density at radius 2 is 1.61 bits per heavy atom. The summed E-state index contributed by atoms with van der Waals surface area (Å²) in [5.74, 6) is -1.70. The zero-order valence-corrected chi connectivity index (χ0v) is 16.5. The SMILES string of the molecule is CC(C)CN(CC(F)(F)F)C(=O)CN(CC(=O)Nc1ccc(F)cc1)C(C)C. The minimum Gasteiger partial charge on any atom is -0.332 e. The molecule has 28 heavy (non-hydrogen) atoms. The zero-order chi connectivity index (χ0) is 21.5. The fourth-order valence-electron chi connectivity index (χ4n) is 2.52. The van der Waals surface area contributed by atoms with E-state index in [2.05, 4.69) is 5.32 Å². The van der Waals surface area contributed by atoms with Crippen LogP contribution in [0.4, 0.5) is 23.2 Å². The number of nitrogens with one attached hydrogen (secondary N) is 1. The van der Waals surface area contributed by atoms with Crippen molar-refractivity contribution in [1.29, 1.82) is 0 Å². The number of carbonyl (C=O) groups excluding carboxylic acids is 2. The molecular weight excluding hydrogens is 378 g/mol. The third-order valence-corrected chi connectivity index (χ3v) is 3.85. The van der Waals surface area contributed by atoms with E-state index in [1.54, 1.807) is 27.7 Å². The molecule has 1 aromatic rings. The maximum atomic E-state index is 12.9. The molecule has 5 nitrogen and oxygen atoms in total. The first-order valence-corrected chi connectivity index (χ1v) is 9.01. The van der Waals surface area contributed by atoms with Gasteiger partial charge in [-0.3, -0.25) is 14.5 Å². The summed E-state index contributed by atoms with van der Waals surface area (Å²) >= 11 is 0. The average Bonchev–Trinajstić information content (AvgIpc) is 2.53. The van der Waals surface area contributed by atoms with Gasteiger partial charge in [-0.1, -0.05) is 13.8 Å². The highest BCUT2D eigenvalue weighted by molar-refractivity contribution is 5.92. The van der Waals surface area contributed by atoms with E-state index in [9.17, 15) is 27.2 Å². The molecule has 0 spiro atoms. The lowest BCUT2D eigenvalue weighted by Crippen LogP contribution is -2.49. The molecule has 1 rings (SSSR count). The molecule has 1 N–H and O–H groups in total. The van der Waals surface area contributed by atoms with E-state index in [-0.39, 0.29) is 31.6 Å². The van der Waals surface area contributed by atoms with Gasteiger partial charge in [0.15, 0.2) is 0 Å². The van der Waals surface area contributed by atoms with Crippen LogP contribution in [0, 0.1) is 11.7 Å². The molecule has 0 saturated carbocycles. The van der Waals surface area contributed by atoms with Gasteiger partial charge in [-0.15, -0.1) is 0 Å². The van der Waals surface area contributed by atoms with Crippen molar-refractivity contribution < 1.29 is 27.2 Å². The van der Waals surface area contributed by atoms with Crippen LogP contribution in [0.1, 0.15) is 27.7 Å². The second-order valence-electron chi connectivity index (χ2n) is 7.34. The van der Waals surface area contributed by atoms with Crippen LogP contribution in [-0.2, 0) is 9.59 Å². The van der Waals surface area contributed by atoms with Crippen LogP contribution in [0.5, 0.6) is 0 Å². The summed E-state index contributed by atoms with van der Waals surface area (Å²) in [6, 6.07) is 4.94. The Morgan fingerprint density at radius 1 is 1.04 bits per heavy atom. The Hall–Kier alpha value is -2.16. The van der Waals surface area contributed by atoms with Gasteiger partial charge < -0.3 is 10.2 Å². The summed E-state index contributed by atoms with van der Waals surface area (Å²) < 4.78 is 51.3. The molecule has 0 atom stereocenters. The average molecular weight is 405 g/mol. The number of nitrogens with zero attached hydrogens (tertiary/aromatic N) is 2. The lowest BCUT2D eigenvalue weighted by atomic mass is 10.2. The van der Waals surface area contributed by atoms with Crippen molar-refractivity contribution in [2.24, 2.45) is 5.92 Å². The van der Waals surface area contributed by atoms with Crippen LogP contribution >= 0.6 is 0 Å². The molecule has 0 heterocycles. The van der Waals surface area contributed by atoms with E-state index < -0.39 is 30.4 Å². The monoisotopic (exact) mass is 405 g/mol. The maximum Gasteiger partial charge on any atom is 0.406 e. The first-order valence-electron chi connectivity index (χ1n) is 9.01. The van der Waals surface area contributed by atoms with Crippen LogP contribution in [0.3, 0.4) is 0 Å². The fourth-order valence-corrected chi connectivity index (χ4v) is 2.52. The molecule has 0 bridgehead atoms. The Labute approximate surface area is 162 Å². The number of hydrogen-bond acceptors (Lipinski definition) is 3. The van der Waals surface area contributed by atoms with E-state index in [0.717, 1.165) is 4.90 Å². The van der Waals surface area contributed by atoms with Gasteiger partial charge in [0, 0.05) is 18.3 Å². The van der Waals surface area contributed by atoms with E-state index >= 15 is 0 Å². The number of alkyl halides is 3. The van der Waals surface area contributed by atoms with Crippen LogP contribution in [0.2, 0.25) is 0 Å². The second kappa shape index (κ2) is 10.4. The molecule has 0 aromatic heterocycles. The minimum absolute atomic E-state index is 0.0218. The number of rotatable bonds is 9. The molecule has 0 radical (unpaired) electrons. The summed E-state index contributed by atoms with van der Waals surface area (Å²) in [7, 11) is 0. The number of carbonyl (C=O) groups is 2. The molecule has 9 heteroatoms. The van der Waals surface area contributed by atoms with Gasteiger partial charge in [-0.25, -0.2) is 4.39 Å². The van der Waals surface area contributed by atoms with Crippen molar-refractivity contribution in [2.45, 2.75) is 39.9 Å². The number of amides is 2. The summed E-state index contributed by atoms with van der Waals surface area (Å²) in [6.45, 7) is 5.12. The van der Waals surface area contributed by atoms with E-state index in [4.69, 9.17) is 0 Å². The van der Waals surface area contributed by atoms with Crippen molar-refractivity contribution in [3.8, 4) is 0 Å². The first-order chi connectivity index (χ1) is 12.9. The molecule has 0 fully saturated rings. The van der Waals surface area contributed by atoms with Gasteiger partial charge in [0.2, 0.25) is 11.8 Å². The highest BCUT2D eigenvalue weighted by Gasteiger charge is 2.34. The van der Waals surface area contributed by atoms with E-state index in [1.165, 1.54) is 29.2 Å². The summed E-state index contributed by atoms with van der Waals surface area (Å²) in [5.41, 5.74) is 0.389. The molecule has 2 amide bonds. The van der Waals surface area contributed by atoms with Crippen molar-refractivity contribution in [1.82, 2.24) is 9.80 Å². The Kier molecular flexibility index (Phi) is 8.87. The molecule has 0 aliphatic carbocycles. The highest BCUT2D eigenvalue weighted by atomic mass is 19.4. The van der Waals surface area contributed by atoms with Crippen molar-refractivity contribution in [3.05, 3.63) is 30.1 Å². The van der Waals surface area contributed by atoms with Crippen LogP contribution in [0.25, 0.3) is 0 Å². The van der Waals surface area contributed by atoms with Gasteiger partial charge in [0.05, 0.1) is 13.1 Å². The van der Waals surface area contributed by atoms with Crippen molar-refractivity contribution in [3.63, 3.8) is 0 Å². The predicted octanol–water partition coefficient (Wildman–Crippen LogP) is 3.52. The van der Waals surface area contributed by atoms with Crippen LogP contribution in [0.15, 0.2) is 24.3 Å². The predicted molar refractivity (Wildman–Crippen MR) is 99.2 cm³/mol. The molecular formula is C19H27F4N3O2. The largest absolute Gasteiger partial charge is 0.406 e. The molecule has 158 valence electrons. The molecule has 0 aliphatic heterocycles. The van der Waals surface area contributed by atoms with Crippen LogP contribution < -0.4 is 5.32 Å². The highest BCUT2D eigenvalue weighted by Crippen LogP contribution is 2.18. The third kappa shape index (κ3) is 9.16. The van der Waals surface area contributed by atoms with Gasteiger partial charge in [-0.2, -0.15) is 13.2 Å². The van der Waals surface area contributed by atoms with Gasteiger partial charge in [0.25, 0.3) is 0 Å². The van der Waals surface area contributed by atoms with E-state index in [1.807, 2.05) is 0 Å². The fraction of sp³-hybridized carbons (Fsp3) is 0.579. The number of halogens is 4. The normalized spacial score (nSPS) is 12.0. The zero-order valence-electron chi connectivity index (χ0n) is 16.5. The Bertz CT molecular complexity index is 646.